The molecule has 0 saturated heterocycles. The number of amides is 1. The summed E-state index contributed by atoms with van der Waals surface area (Å²) in [6, 6.07) is 3.85. The highest BCUT2D eigenvalue weighted by molar-refractivity contribution is 9.10. The molecule has 18 heavy (non-hydrogen) atoms. The van der Waals surface area contributed by atoms with E-state index in [4.69, 9.17) is 0 Å². The van der Waals surface area contributed by atoms with E-state index in [9.17, 15) is 19.1 Å². The normalized spacial score (nSPS) is 11.8. The van der Waals surface area contributed by atoms with Gasteiger partial charge in [0, 0.05) is 5.56 Å². The van der Waals surface area contributed by atoms with Crippen molar-refractivity contribution in [3.05, 3.63) is 34.1 Å². The van der Waals surface area contributed by atoms with Crippen molar-refractivity contribution in [3.63, 3.8) is 0 Å². The molecule has 0 aliphatic rings. The highest BCUT2D eigenvalue weighted by Crippen LogP contribution is 2.16. The molecule has 0 aromatic heterocycles. The molecule has 0 aliphatic heterocycles. The van der Waals surface area contributed by atoms with Gasteiger partial charge in [-0.15, -0.1) is 0 Å². The molecule has 0 heterocycles. The van der Waals surface area contributed by atoms with Gasteiger partial charge in [-0.25, -0.2) is 9.18 Å². The summed E-state index contributed by atoms with van der Waals surface area (Å²) in [5.74, 6) is -2.02. The molecule has 0 aliphatic carbocycles. The minimum atomic E-state index is -1.45. The number of halogens is 2. The second-order valence-corrected chi connectivity index (χ2v) is 4.23. The lowest BCUT2D eigenvalue weighted by Gasteiger charge is -2.09. The van der Waals surface area contributed by atoms with Crippen LogP contribution in [-0.2, 0) is 9.53 Å². The van der Waals surface area contributed by atoms with Gasteiger partial charge in [0.2, 0.25) is 0 Å². The number of nitrogens with one attached hydrogen (secondary N) is 1. The van der Waals surface area contributed by atoms with Gasteiger partial charge in [-0.05, 0) is 34.1 Å². The SMILES string of the molecule is COC(=O)C(O)CNC(=O)c1ccc(Br)c(F)c1. The number of carbonyl (C=O) groups is 2. The number of aliphatic hydroxyl groups excluding tert-OH is 1. The first-order chi connectivity index (χ1) is 8.45. The zero-order valence-electron chi connectivity index (χ0n) is 9.44. The largest absolute Gasteiger partial charge is 0.467 e. The summed E-state index contributed by atoms with van der Waals surface area (Å²) < 4.78 is 17.7. The second kappa shape index (κ2) is 6.46. The Morgan fingerprint density at radius 3 is 2.78 bits per heavy atom. The van der Waals surface area contributed by atoms with Crippen molar-refractivity contribution in [2.24, 2.45) is 0 Å². The predicted molar refractivity (Wildman–Crippen MR) is 64.5 cm³/mol. The van der Waals surface area contributed by atoms with Crippen LogP contribution in [0.25, 0.3) is 0 Å². The zero-order chi connectivity index (χ0) is 13.7. The maximum Gasteiger partial charge on any atom is 0.336 e. The first kappa shape index (κ1) is 14.6. The Kier molecular flexibility index (Phi) is 5.24. The van der Waals surface area contributed by atoms with Crippen molar-refractivity contribution in [2.75, 3.05) is 13.7 Å². The molecule has 1 atom stereocenters. The van der Waals surface area contributed by atoms with E-state index in [1.54, 1.807) is 0 Å². The molecule has 0 spiro atoms. The molecule has 1 amide bonds. The van der Waals surface area contributed by atoms with Crippen molar-refractivity contribution >= 4 is 27.8 Å². The average molecular weight is 320 g/mol. The lowest BCUT2D eigenvalue weighted by Crippen LogP contribution is -2.37. The minimum Gasteiger partial charge on any atom is -0.467 e. The van der Waals surface area contributed by atoms with E-state index in [0.29, 0.717) is 0 Å². The van der Waals surface area contributed by atoms with Gasteiger partial charge in [0.25, 0.3) is 5.91 Å². The van der Waals surface area contributed by atoms with E-state index in [0.717, 1.165) is 13.2 Å². The molecule has 0 saturated carbocycles. The van der Waals surface area contributed by atoms with Gasteiger partial charge in [-0.1, -0.05) is 0 Å². The van der Waals surface area contributed by atoms with Crippen molar-refractivity contribution in [2.45, 2.75) is 6.10 Å². The minimum absolute atomic E-state index is 0.0905. The summed E-state index contributed by atoms with van der Waals surface area (Å²) in [4.78, 5) is 22.4. The summed E-state index contributed by atoms with van der Waals surface area (Å²) in [6.07, 6.45) is -1.45. The molecule has 1 aromatic rings. The summed E-state index contributed by atoms with van der Waals surface area (Å²) >= 11 is 2.96. The fourth-order valence-electron chi connectivity index (χ4n) is 1.15. The van der Waals surface area contributed by atoms with Crippen LogP contribution in [0.1, 0.15) is 10.4 Å². The number of hydrogen-bond acceptors (Lipinski definition) is 4. The standard InChI is InChI=1S/C11H11BrFNO4/c1-18-11(17)9(15)5-14-10(16)6-2-3-7(12)8(13)4-6/h2-4,9,15H,5H2,1H3,(H,14,16). The Bertz CT molecular complexity index is 466. The number of aliphatic hydroxyl groups is 1. The Morgan fingerprint density at radius 2 is 2.22 bits per heavy atom. The zero-order valence-corrected chi connectivity index (χ0v) is 11.0. The number of ether oxygens (including phenoxy) is 1. The first-order valence-electron chi connectivity index (χ1n) is 4.95. The summed E-state index contributed by atoms with van der Waals surface area (Å²) in [5.41, 5.74) is 0.0905. The molecular formula is C11H11BrFNO4. The van der Waals surface area contributed by atoms with Crippen LogP contribution in [0.5, 0.6) is 0 Å². The van der Waals surface area contributed by atoms with E-state index in [2.05, 4.69) is 26.0 Å². The van der Waals surface area contributed by atoms with E-state index in [-0.39, 0.29) is 16.6 Å². The quantitative estimate of drug-likeness (QED) is 0.807. The van der Waals surface area contributed by atoms with Crippen molar-refractivity contribution in [1.29, 1.82) is 0 Å². The topological polar surface area (TPSA) is 75.6 Å². The fourth-order valence-corrected chi connectivity index (χ4v) is 1.39. The maximum absolute atomic E-state index is 13.2. The molecule has 98 valence electrons. The number of methoxy groups -OCH3 is 1. The lowest BCUT2D eigenvalue weighted by molar-refractivity contribution is -0.149. The van der Waals surface area contributed by atoms with Gasteiger partial charge in [0.1, 0.15) is 5.82 Å². The van der Waals surface area contributed by atoms with Gasteiger partial charge in [-0.3, -0.25) is 4.79 Å². The van der Waals surface area contributed by atoms with E-state index in [1.165, 1.54) is 12.1 Å². The Hall–Kier alpha value is -1.47. The monoisotopic (exact) mass is 319 g/mol. The van der Waals surface area contributed by atoms with Gasteiger partial charge in [-0.2, -0.15) is 0 Å². The predicted octanol–water partition coefficient (Wildman–Crippen LogP) is 0.852. The first-order valence-corrected chi connectivity index (χ1v) is 5.74. The van der Waals surface area contributed by atoms with Gasteiger partial charge >= 0.3 is 5.97 Å². The molecule has 1 rings (SSSR count). The summed E-state index contributed by atoms with van der Waals surface area (Å²) in [7, 11) is 1.12. The van der Waals surface area contributed by atoms with E-state index >= 15 is 0 Å². The van der Waals surface area contributed by atoms with Crippen LogP contribution in [0.15, 0.2) is 22.7 Å². The van der Waals surface area contributed by atoms with Crippen LogP contribution in [0.3, 0.4) is 0 Å². The van der Waals surface area contributed by atoms with Crippen LogP contribution < -0.4 is 5.32 Å². The van der Waals surface area contributed by atoms with Crippen LogP contribution >= 0.6 is 15.9 Å². The van der Waals surface area contributed by atoms with Crippen molar-refractivity contribution < 1.29 is 23.8 Å². The Labute approximate surface area is 111 Å². The number of carbonyl (C=O) groups excluding carboxylic acids is 2. The third-order valence-corrected chi connectivity index (χ3v) is 2.75. The summed E-state index contributed by atoms with van der Waals surface area (Å²) in [6.45, 7) is -0.302. The number of rotatable bonds is 4. The lowest BCUT2D eigenvalue weighted by atomic mass is 10.2. The maximum atomic E-state index is 13.2. The Morgan fingerprint density at radius 1 is 1.56 bits per heavy atom. The third kappa shape index (κ3) is 3.78. The van der Waals surface area contributed by atoms with Crippen LogP contribution in [0.2, 0.25) is 0 Å². The van der Waals surface area contributed by atoms with Crippen molar-refractivity contribution in [3.8, 4) is 0 Å². The molecule has 7 heteroatoms. The highest BCUT2D eigenvalue weighted by atomic mass is 79.9. The molecule has 2 N–H and O–H groups in total. The average Bonchev–Trinajstić information content (AvgIpc) is 2.37. The van der Waals surface area contributed by atoms with Gasteiger partial charge in [0.15, 0.2) is 6.10 Å². The molecule has 1 unspecified atom stereocenters. The van der Waals surface area contributed by atoms with Crippen LogP contribution in [0, 0.1) is 5.82 Å². The summed E-state index contributed by atoms with van der Waals surface area (Å²) in [5, 5.41) is 11.5. The molecule has 0 bridgehead atoms. The fraction of sp³-hybridized carbons (Fsp3) is 0.273. The van der Waals surface area contributed by atoms with Crippen LogP contribution in [0.4, 0.5) is 4.39 Å². The third-order valence-electron chi connectivity index (χ3n) is 2.11. The van der Waals surface area contributed by atoms with E-state index in [1.807, 2.05) is 0 Å². The smallest absolute Gasteiger partial charge is 0.336 e. The van der Waals surface area contributed by atoms with Gasteiger partial charge < -0.3 is 15.2 Å². The number of esters is 1. The molecular weight excluding hydrogens is 309 g/mol. The molecule has 1 aromatic carbocycles. The Balaban J connectivity index is 2.60. The highest BCUT2D eigenvalue weighted by Gasteiger charge is 2.17. The van der Waals surface area contributed by atoms with Crippen molar-refractivity contribution in [1.82, 2.24) is 5.32 Å². The molecule has 0 radical (unpaired) electrons. The molecule has 5 nitrogen and oxygen atoms in total. The number of hydrogen-bond donors (Lipinski definition) is 2. The van der Waals surface area contributed by atoms with Crippen LogP contribution in [-0.4, -0.2) is 36.7 Å². The molecule has 0 fully saturated rings. The van der Waals surface area contributed by atoms with Gasteiger partial charge in [0.05, 0.1) is 18.1 Å². The second-order valence-electron chi connectivity index (χ2n) is 3.38. The number of benzene rings is 1. The van der Waals surface area contributed by atoms with E-state index < -0.39 is 23.8 Å².